The van der Waals surface area contributed by atoms with Gasteiger partial charge in [-0.1, -0.05) is 12.1 Å². The molecule has 0 atom stereocenters. The van der Waals surface area contributed by atoms with Crippen molar-refractivity contribution < 1.29 is 22.7 Å². The smallest absolute Gasteiger partial charge is 0.241 e. The summed E-state index contributed by atoms with van der Waals surface area (Å²) >= 11 is 0. The van der Waals surface area contributed by atoms with Gasteiger partial charge in [0.15, 0.2) is 0 Å². The summed E-state index contributed by atoms with van der Waals surface area (Å²) in [7, 11) is -2.32. The minimum atomic E-state index is -3.83. The number of ether oxygens (including phenoxy) is 2. The Hall–Kier alpha value is -2.58. The van der Waals surface area contributed by atoms with E-state index in [-0.39, 0.29) is 11.0 Å². The molecule has 2 N–H and O–H groups in total. The van der Waals surface area contributed by atoms with Gasteiger partial charge in [0.1, 0.15) is 11.5 Å². The number of carbonyl (C=O) groups excluding carboxylic acids is 1. The Morgan fingerprint density at radius 3 is 2.48 bits per heavy atom. The Bertz CT molecular complexity index is 910. The number of methoxy groups -OCH3 is 1. The fourth-order valence-electron chi connectivity index (χ4n) is 2.41. The van der Waals surface area contributed by atoms with E-state index in [0.717, 1.165) is 0 Å². The van der Waals surface area contributed by atoms with E-state index >= 15 is 0 Å². The van der Waals surface area contributed by atoms with Crippen LogP contribution in [0.1, 0.15) is 19.4 Å². The Labute approximate surface area is 159 Å². The quantitative estimate of drug-likeness (QED) is 0.720. The van der Waals surface area contributed by atoms with E-state index in [2.05, 4.69) is 10.0 Å². The topological polar surface area (TPSA) is 93.7 Å². The van der Waals surface area contributed by atoms with E-state index in [1.54, 1.807) is 43.3 Å². The monoisotopic (exact) mass is 392 g/mol. The number of hydrogen-bond acceptors (Lipinski definition) is 5. The first-order valence-electron chi connectivity index (χ1n) is 8.43. The van der Waals surface area contributed by atoms with E-state index in [1.807, 2.05) is 13.8 Å². The van der Waals surface area contributed by atoms with Crippen molar-refractivity contribution in [1.29, 1.82) is 0 Å². The number of benzene rings is 2. The molecule has 7 nitrogen and oxygen atoms in total. The van der Waals surface area contributed by atoms with Crippen LogP contribution in [-0.2, 0) is 14.8 Å². The van der Waals surface area contributed by atoms with Gasteiger partial charge in [-0.05, 0) is 56.7 Å². The van der Waals surface area contributed by atoms with Crippen LogP contribution in [0.2, 0.25) is 0 Å². The van der Waals surface area contributed by atoms with Crippen LogP contribution in [0.4, 0.5) is 5.69 Å². The zero-order valence-electron chi connectivity index (χ0n) is 15.8. The second-order valence-electron chi connectivity index (χ2n) is 6.17. The molecule has 146 valence electrons. The van der Waals surface area contributed by atoms with Crippen molar-refractivity contribution >= 4 is 21.6 Å². The average molecular weight is 392 g/mol. The molecule has 2 rings (SSSR count). The third-order valence-corrected chi connectivity index (χ3v) is 5.18. The predicted molar refractivity (Wildman–Crippen MR) is 104 cm³/mol. The fourth-order valence-corrected chi connectivity index (χ4v) is 3.62. The van der Waals surface area contributed by atoms with Gasteiger partial charge in [0.25, 0.3) is 0 Å². The summed E-state index contributed by atoms with van der Waals surface area (Å²) in [6, 6.07) is 11.6. The zero-order valence-corrected chi connectivity index (χ0v) is 16.6. The van der Waals surface area contributed by atoms with E-state index in [1.165, 1.54) is 13.2 Å². The normalized spacial score (nSPS) is 11.3. The van der Waals surface area contributed by atoms with Crippen LogP contribution in [0.3, 0.4) is 0 Å². The molecule has 0 bridgehead atoms. The first-order chi connectivity index (χ1) is 12.7. The predicted octanol–water partition coefficient (Wildman–Crippen LogP) is 2.71. The lowest BCUT2D eigenvalue weighted by Gasteiger charge is -2.15. The summed E-state index contributed by atoms with van der Waals surface area (Å²) in [5, 5.41) is 2.66. The maximum absolute atomic E-state index is 12.5. The molecule has 0 aromatic heterocycles. The summed E-state index contributed by atoms with van der Waals surface area (Å²) in [5.74, 6) is 0.588. The molecule has 0 saturated carbocycles. The lowest BCUT2D eigenvalue weighted by molar-refractivity contribution is -0.115. The highest BCUT2D eigenvalue weighted by Crippen LogP contribution is 2.25. The van der Waals surface area contributed by atoms with Crippen molar-refractivity contribution in [2.24, 2.45) is 0 Å². The van der Waals surface area contributed by atoms with Gasteiger partial charge in [0, 0.05) is 0 Å². The summed E-state index contributed by atoms with van der Waals surface area (Å²) in [4.78, 5) is 12.3. The molecule has 0 aliphatic carbocycles. The van der Waals surface area contributed by atoms with Crippen LogP contribution >= 0.6 is 0 Å². The van der Waals surface area contributed by atoms with E-state index < -0.39 is 22.5 Å². The standard InChI is InChI=1S/C19H24N2O5S/c1-13(2)26-17-8-6-5-7-16(17)21-19(22)12-20-27(23,24)18-10-9-15(25-4)11-14(18)3/h5-11,13,20H,12H2,1-4H3,(H,21,22). The van der Waals surface area contributed by atoms with Crippen LogP contribution in [0.15, 0.2) is 47.4 Å². The number of carbonyl (C=O) groups is 1. The Morgan fingerprint density at radius 2 is 1.85 bits per heavy atom. The van der Waals surface area contributed by atoms with E-state index in [9.17, 15) is 13.2 Å². The lowest BCUT2D eigenvalue weighted by atomic mass is 10.2. The summed E-state index contributed by atoms with van der Waals surface area (Å²) in [5.41, 5.74) is 1.01. The van der Waals surface area contributed by atoms with Crippen LogP contribution in [0.25, 0.3) is 0 Å². The molecule has 2 aromatic carbocycles. The molecule has 2 aromatic rings. The molecule has 0 saturated heterocycles. The molecular weight excluding hydrogens is 368 g/mol. The molecule has 1 amide bonds. The lowest BCUT2D eigenvalue weighted by Crippen LogP contribution is -2.33. The van der Waals surface area contributed by atoms with Crippen molar-refractivity contribution in [3.63, 3.8) is 0 Å². The van der Waals surface area contributed by atoms with Gasteiger partial charge < -0.3 is 14.8 Å². The molecule has 0 aliphatic rings. The molecule has 0 spiro atoms. The van der Waals surface area contributed by atoms with Crippen LogP contribution in [0.5, 0.6) is 11.5 Å². The minimum Gasteiger partial charge on any atom is -0.497 e. The van der Waals surface area contributed by atoms with Gasteiger partial charge in [-0.3, -0.25) is 4.79 Å². The number of aryl methyl sites for hydroxylation is 1. The van der Waals surface area contributed by atoms with Crippen LogP contribution in [0, 0.1) is 6.92 Å². The van der Waals surface area contributed by atoms with Gasteiger partial charge in [-0.2, -0.15) is 0 Å². The first-order valence-corrected chi connectivity index (χ1v) is 9.91. The maximum atomic E-state index is 12.5. The first kappa shape index (κ1) is 20.7. The number of para-hydroxylation sites is 2. The molecule has 0 aliphatic heterocycles. The Kier molecular flexibility index (Phi) is 6.81. The summed E-state index contributed by atoms with van der Waals surface area (Å²) in [6.45, 7) is 5.02. The van der Waals surface area contributed by atoms with E-state index in [0.29, 0.717) is 22.7 Å². The van der Waals surface area contributed by atoms with Crippen molar-refractivity contribution in [2.45, 2.75) is 31.8 Å². The molecule has 0 heterocycles. The molecule has 0 fully saturated rings. The molecule has 0 radical (unpaired) electrons. The second-order valence-corrected chi connectivity index (χ2v) is 7.90. The fraction of sp³-hybridized carbons (Fsp3) is 0.316. The van der Waals surface area contributed by atoms with Gasteiger partial charge in [0.2, 0.25) is 15.9 Å². The summed E-state index contributed by atoms with van der Waals surface area (Å²) < 4.78 is 38.0. The third kappa shape index (κ3) is 5.70. The number of sulfonamides is 1. The van der Waals surface area contributed by atoms with Crippen molar-refractivity contribution in [3.8, 4) is 11.5 Å². The van der Waals surface area contributed by atoms with Crippen LogP contribution in [-0.4, -0.2) is 34.1 Å². The molecule has 8 heteroatoms. The number of rotatable bonds is 8. The molecule has 0 unspecified atom stereocenters. The number of hydrogen-bond donors (Lipinski definition) is 2. The van der Waals surface area contributed by atoms with Crippen molar-refractivity contribution in [3.05, 3.63) is 48.0 Å². The highest BCUT2D eigenvalue weighted by atomic mass is 32.2. The maximum Gasteiger partial charge on any atom is 0.241 e. The highest BCUT2D eigenvalue weighted by molar-refractivity contribution is 7.89. The Balaban J connectivity index is 2.05. The zero-order chi connectivity index (χ0) is 20.0. The summed E-state index contributed by atoms with van der Waals surface area (Å²) in [6.07, 6.45) is -0.0559. The van der Waals surface area contributed by atoms with Gasteiger partial charge >= 0.3 is 0 Å². The molecule has 27 heavy (non-hydrogen) atoms. The average Bonchev–Trinajstić information content (AvgIpc) is 2.61. The highest BCUT2D eigenvalue weighted by Gasteiger charge is 2.19. The minimum absolute atomic E-state index is 0.0559. The van der Waals surface area contributed by atoms with E-state index in [4.69, 9.17) is 9.47 Å². The Morgan fingerprint density at radius 1 is 1.15 bits per heavy atom. The number of nitrogens with one attached hydrogen (secondary N) is 2. The van der Waals surface area contributed by atoms with Crippen LogP contribution < -0.4 is 19.5 Å². The largest absolute Gasteiger partial charge is 0.497 e. The van der Waals surface area contributed by atoms with Crippen molar-refractivity contribution in [1.82, 2.24) is 4.72 Å². The SMILES string of the molecule is COc1ccc(S(=O)(=O)NCC(=O)Nc2ccccc2OC(C)C)c(C)c1. The van der Waals surface area contributed by atoms with Gasteiger partial charge in [0.05, 0.1) is 30.3 Å². The number of amides is 1. The van der Waals surface area contributed by atoms with Crippen molar-refractivity contribution in [2.75, 3.05) is 19.0 Å². The second kappa shape index (κ2) is 8.88. The van der Waals surface area contributed by atoms with Gasteiger partial charge in [-0.15, -0.1) is 0 Å². The van der Waals surface area contributed by atoms with Gasteiger partial charge in [-0.25, -0.2) is 13.1 Å². The molecular formula is C19H24N2O5S. The third-order valence-electron chi connectivity index (χ3n) is 3.62. The number of anilines is 1.